The van der Waals surface area contributed by atoms with Gasteiger partial charge in [0.15, 0.2) is 0 Å². The number of rotatable bonds is 1. The van der Waals surface area contributed by atoms with E-state index < -0.39 is 0 Å². The first-order valence-electron chi connectivity index (χ1n) is 4.66. The van der Waals surface area contributed by atoms with Crippen molar-refractivity contribution in [1.29, 1.82) is 0 Å². The smallest absolute Gasteiger partial charge is 0.223 e. The molecule has 0 atom stereocenters. The summed E-state index contributed by atoms with van der Waals surface area (Å²) in [5.74, 6) is -0.127. The normalized spacial score (nSPS) is 26.6. The highest BCUT2D eigenvalue weighted by molar-refractivity contribution is 5.80. The number of primary amides is 1. The van der Waals surface area contributed by atoms with E-state index in [9.17, 15) is 4.79 Å². The highest BCUT2D eigenvalue weighted by Crippen LogP contribution is 2.44. The summed E-state index contributed by atoms with van der Waals surface area (Å²) in [5.41, 5.74) is 5.54. The quantitative estimate of drug-likeness (QED) is 0.641. The molecule has 2 N–H and O–H groups in total. The first-order chi connectivity index (χ1) is 5.36. The van der Waals surface area contributed by atoms with E-state index in [-0.39, 0.29) is 11.3 Å². The first kappa shape index (κ1) is 9.56. The molecule has 0 aromatic rings. The lowest BCUT2D eigenvalue weighted by Crippen LogP contribution is -2.39. The Balaban J connectivity index is 2.62. The highest BCUT2D eigenvalue weighted by Gasteiger charge is 2.38. The van der Waals surface area contributed by atoms with Gasteiger partial charge in [0.05, 0.1) is 0 Å². The molecule has 0 bridgehead atoms. The zero-order valence-electron chi connectivity index (χ0n) is 8.31. The van der Waals surface area contributed by atoms with E-state index in [0.29, 0.717) is 5.41 Å². The molecule has 1 rings (SSSR count). The molecule has 1 aliphatic rings. The first-order valence-corrected chi connectivity index (χ1v) is 4.66. The van der Waals surface area contributed by atoms with Crippen LogP contribution in [0.25, 0.3) is 0 Å². The minimum atomic E-state index is -0.227. The summed E-state index contributed by atoms with van der Waals surface area (Å²) < 4.78 is 0. The van der Waals surface area contributed by atoms with Gasteiger partial charge in [-0.25, -0.2) is 0 Å². The predicted octanol–water partition coefficient (Wildman–Crippen LogP) is 2.08. The molecule has 0 aliphatic heterocycles. The van der Waals surface area contributed by atoms with Gasteiger partial charge in [-0.3, -0.25) is 4.79 Å². The topological polar surface area (TPSA) is 43.1 Å². The summed E-state index contributed by atoms with van der Waals surface area (Å²) in [6.07, 6.45) is 4.14. The van der Waals surface area contributed by atoms with E-state index >= 15 is 0 Å². The number of carbonyl (C=O) groups is 1. The Kier molecular flexibility index (Phi) is 2.19. The van der Waals surface area contributed by atoms with Crippen LogP contribution >= 0.6 is 0 Å². The van der Waals surface area contributed by atoms with Crippen molar-refractivity contribution in [3.8, 4) is 0 Å². The summed E-state index contributed by atoms with van der Waals surface area (Å²) in [5, 5.41) is 0. The van der Waals surface area contributed by atoms with Crippen molar-refractivity contribution in [2.45, 2.75) is 46.5 Å². The molecule has 2 heteroatoms. The molecule has 1 fully saturated rings. The van der Waals surface area contributed by atoms with Gasteiger partial charge in [0.25, 0.3) is 0 Å². The maximum absolute atomic E-state index is 11.1. The highest BCUT2D eigenvalue weighted by atomic mass is 16.1. The maximum atomic E-state index is 11.1. The minimum absolute atomic E-state index is 0.127. The van der Waals surface area contributed by atoms with Gasteiger partial charge in [-0.05, 0) is 31.1 Å². The lowest BCUT2D eigenvalue weighted by atomic mass is 9.66. The van der Waals surface area contributed by atoms with E-state index in [1.165, 1.54) is 0 Å². The second-order valence-electron chi connectivity index (χ2n) is 5.09. The van der Waals surface area contributed by atoms with Gasteiger partial charge in [-0.1, -0.05) is 20.8 Å². The number of amides is 1. The zero-order valence-corrected chi connectivity index (χ0v) is 8.31. The molecule has 70 valence electrons. The third-order valence-electron chi connectivity index (χ3n) is 3.30. The molecule has 0 heterocycles. The van der Waals surface area contributed by atoms with E-state index in [1.54, 1.807) is 0 Å². The van der Waals surface area contributed by atoms with Crippen molar-refractivity contribution >= 4 is 5.91 Å². The average molecular weight is 169 g/mol. The van der Waals surface area contributed by atoms with Crippen molar-refractivity contribution in [2.24, 2.45) is 16.6 Å². The summed E-state index contributed by atoms with van der Waals surface area (Å²) >= 11 is 0. The molecule has 0 saturated heterocycles. The monoisotopic (exact) mass is 169 g/mol. The standard InChI is InChI=1S/C10H19NO/c1-9(2)4-6-10(3,7-5-9)8(11)12/h4-7H2,1-3H3,(H2,11,12). The lowest BCUT2D eigenvalue weighted by molar-refractivity contribution is -0.129. The van der Waals surface area contributed by atoms with E-state index in [0.717, 1.165) is 25.7 Å². The minimum Gasteiger partial charge on any atom is -0.369 e. The van der Waals surface area contributed by atoms with Gasteiger partial charge >= 0.3 is 0 Å². The molecule has 1 aliphatic carbocycles. The number of hydrogen-bond donors (Lipinski definition) is 1. The molecular formula is C10H19NO. The molecule has 0 aromatic carbocycles. The van der Waals surface area contributed by atoms with E-state index in [4.69, 9.17) is 5.73 Å². The van der Waals surface area contributed by atoms with Gasteiger partial charge in [0.1, 0.15) is 0 Å². The van der Waals surface area contributed by atoms with Crippen molar-refractivity contribution in [1.82, 2.24) is 0 Å². The van der Waals surface area contributed by atoms with Crippen LogP contribution in [-0.2, 0) is 4.79 Å². The van der Waals surface area contributed by atoms with Crippen molar-refractivity contribution in [3.05, 3.63) is 0 Å². The van der Waals surface area contributed by atoms with Gasteiger partial charge in [-0.15, -0.1) is 0 Å². The van der Waals surface area contributed by atoms with Crippen molar-refractivity contribution in [2.75, 3.05) is 0 Å². The molecule has 12 heavy (non-hydrogen) atoms. The molecule has 0 spiro atoms. The Labute approximate surface area is 74.5 Å². The van der Waals surface area contributed by atoms with Crippen LogP contribution in [0.5, 0.6) is 0 Å². The Morgan fingerprint density at radius 3 is 1.83 bits per heavy atom. The SMILES string of the molecule is CC1(C)CCC(C)(C(N)=O)CC1. The van der Waals surface area contributed by atoms with E-state index in [2.05, 4.69) is 13.8 Å². The zero-order chi connectivity index (χ0) is 9.41. The van der Waals surface area contributed by atoms with Gasteiger partial charge in [0, 0.05) is 5.41 Å². The Morgan fingerprint density at radius 2 is 1.50 bits per heavy atom. The fraction of sp³-hybridized carbons (Fsp3) is 0.900. The second kappa shape index (κ2) is 2.75. The van der Waals surface area contributed by atoms with Crippen LogP contribution in [0.2, 0.25) is 0 Å². The van der Waals surface area contributed by atoms with Gasteiger partial charge in [-0.2, -0.15) is 0 Å². The Hall–Kier alpha value is -0.530. The largest absolute Gasteiger partial charge is 0.369 e. The van der Waals surface area contributed by atoms with Crippen LogP contribution in [0.3, 0.4) is 0 Å². The fourth-order valence-corrected chi connectivity index (χ4v) is 1.72. The molecule has 0 radical (unpaired) electrons. The third kappa shape index (κ3) is 1.79. The van der Waals surface area contributed by atoms with Crippen LogP contribution < -0.4 is 5.73 Å². The van der Waals surface area contributed by atoms with Gasteiger partial charge < -0.3 is 5.73 Å². The van der Waals surface area contributed by atoms with Crippen LogP contribution in [0.15, 0.2) is 0 Å². The number of carbonyl (C=O) groups excluding carboxylic acids is 1. The van der Waals surface area contributed by atoms with Crippen LogP contribution in [0.4, 0.5) is 0 Å². The van der Waals surface area contributed by atoms with Gasteiger partial charge in [0.2, 0.25) is 5.91 Å². The van der Waals surface area contributed by atoms with Crippen molar-refractivity contribution in [3.63, 3.8) is 0 Å². The second-order valence-corrected chi connectivity index (χ2v) is 5.09. The van der Waals surface area contributed by atoms with E-state index in [1.807, 2.05) is 6.92 Å². The molecule has 1 saturated carbocycles. The fourth-order valence-electron chi connectivity index (χ4n) is 1.72. The summed E-state index contributed by atoms with van der Waals surface area (Å²) in [7, 11) is 0. The van der Waals surface area contributed by atoms with Crippen molar-refractivity contribution < 1.29 is 4.79 Å². The number of nitrogens with two attached hydrogens (primary N) is 1. The van der Waals surface area contributed by atoms with Crippen LogP contribution in [0, 0.1) is 10.8 Å². The van der Waals surface area contributed by atoms with Crippen LogP contribution in [-0.4, -0.2) is 5.91 Å². The molecule has 1 amide bonds. The summed E-state index contributed by atoms with van der Waals surface area (Å²) in [4.78, 5) is 11.1. The van der Waals surface area contributed by atoms with Crippen LogP contribution in [0.1, 0.15) is 46.5 Å². The number of hydrogen-bond acceptors (Lipinski definition) is 1. The molecular weight excluding hydrogens is 150 g/mol. The maximum Gasteiger partial charge on any atom is 0.223 e. The average Bonchev–Trinajstić information content (AvgIpc) is 1.96. The molecule has 0 aromatic heterocycles. The molecule has 2 nitrogen and oxygen atoms in total. The third-order valence-corrected chi connectivity index (χ3v) is 3.30. The Bertz CT molecular complexity index is 186. The Morgan fingerprint density at radius 1 is 1.08 bits per heavy atom. The molecule has 0 unspecified atom stereocenters. The summed E-state index contributed by atoms with van der Waals surface area (Å²) in [6.45, 7) is 6.51. The lowest BCUT2D eigenvalue weighted by Gasteiger charge is -2.39. The summed E-state index contributed by atoms with van der Waals surface area (Å²) in [6, 6.07) is 0. The predicted molar refractivity (Wildman–Crippen MR) is 49.6 cm³/mol.